The van der Waals surface area contributed by atoms with Crippen molar-refractivity contribution in [2.45, 2.75) is 6.42 Å². The first-order chi connectivity index (χ1) is 10.8. The predicted molar refractivity (Wildman–Crippen MR) is 96.2 cm³/mol. The van der Waals surface area contributed by atoms with Gasteiger partial charge >= 0.3 is 0 Å². The highest BCUT2D eigenvalue weighted by atomic mass is 35.5. The van der Waals surface area contributed by atoms with Gasteiger partial charge in [0.25, 0.3) is 0 Å². The van der Waals surface area contributed by atoms with Crippen molar-refractivity contribution in [3.05, 3.63) is 54.6 Å². The van der Waals surface area contributed by atoms with Crippen LogP contribution in [0.2, 0.25) is 0 Å². The van der Waals surface area contributed by atoms with E-state index in [2.05, 4.69) is 22.8 Å². The molecule has 0 aliphatic carbocycles. The zero-order valence-electron chi connectivity index (χ0n) is 13.2. The van der Waals surface area contributed by atoms with Crippen LogP contribution in [0, 0.1) is 0 Å². The molecule has 0 bridgehead atoms. The van der Waals surface area contributed by atoms with Gasteiger partial charge in [0.2, 0.25) is 5.91 Å². The minimum absolute atomic E-state index is 0. The molecule has 0 spiro atoms. The molecule has 0 aromatic heterocycles. The highest BCUT2D eigenvalue weighted by Gasteiger charge is 2.05. The number of halogens is 1. The fraction of sp³-hybridized carbons (Fsp3) is 0.278. The lowest BCUT2D eigenvalue weighted by atomic mass is 10.1. The van der Waals surface area contributed by atoms with E-state index in [9.17, 15) is 4.79 Å². The number of rotatable bonds is 8. The van der Waals surface area contributed by atoms with Gasteiger partial charge in [-0.2, -0.15) is 0 Å². The normalized spacial score (nSPS) is 9.78. The Morgan fingerprint density at radius 3 is 2.43 bits per heavy atom. The third-order valence-electron chi connectivity index (χ3n) is 3.26. The Labute approximate surface area is 143 Å². The Kier molecular flexibility index (Phi) is 8.80. The summed E-state index contributed by atoms with van der Waals surface area (Å²) in [5.41, 5.74) is 2.18. The summed E-state index contributed by atoms with van der Waals surface area (Å²) in [6.07, 6.45) is 0.483. The van der Waals surface area contributed by atoms with Crippen molar-refractivity contribution in [3.63, 3.8) is 0 Å². The molecule has 2 aromatic rings. The summed E-state index contributed by atoms with van der Waals surface area (Å²) < 4.78 is 5.82. The van der Waals surface area contributed by atoms with E-state index in [1.165, 1.54) is 0 Å². The molecule has 0 heterocycles. The van der Waals surface area contributed by atoms with Crippen molar-refractivity contribution < 1.29 is 9.53 Å². The molecule has 0 aliphatic heterocycles. The smallest absolute Gasteiger partial charge is 0.221 e. The summed E-state index contributed by atoms with van der Waals surface area (Å²) in [6, 6.07) is 18.1. The van der Waals surface area contributed by atoms with E-state index in [0.717, 1.165) is 16.9 Å². The summed E-state index contributed by atoms with van der Waals surface area (Å²) in [5, 5.41) is 5.79. The number of hydrogen-bond donors (Lipinski definition) is 2. The minimum atomic E-state index is 0. The van der Waals surface area contributed by atoms with E-state index >= 15 is 0 Å². The maximum Gasteiger partial charge on any atom is 0.221 e. The fourth-order valence-corrected chi connectivity index (χ4v) is 2.13. The van der Waals surface area contributed by atoms with Gasteiger partial charge in [-0.1, -0.05) is 48.5 Å². The van der Waals surface area contributed by atoms with Gasteiger partial charge in [0.05, 0.1) is 6.54 Å². The topological polar surface area (TPSA) is 50.4 Å². The monoisotopic (exact) mass is 334 g/mol. The number of ether oxygens (including phenoxy) is 1. The van der Waals surface area contributed by atoms with E-state index in [1.807, 2.05) is 49.5 Å². The second-order valence-corrected chi connectivity index (χ2v) is 4.91. The number of amides is 1. The molecule has 1 amide bonds. The number of carbonyl (C=O) groups excluding carboxylic acids is 1. The third-order valence-corrected chi connectivity index (χ3v) is 3.26. The quantitative estimate of drug-likeness (QED) is 0.730. The van der Waals surface area contributed by atoms with Crippen LogP contribution in [-0.4, -0.2) is 32.7 Å². The van der Waals surface area contributed by atoms with Gasteiger partial charge in [0, 0.05) is 18.5 Å². The van der Waals surface area contributed by atoms with Crippen LogP contribution in [0.4, 0.5) is 0 Å². The Bertz CT molecular complexity index is 591. The summed E-state index contributed by atoms with van der Waals surface area (Å²) in [5.74, 6) is 0.868. The maximum atomic E-state index is 11.5. The molecule has 124 valence electrons. The molecule has 0 saturated carbocycles. The molecule has 0 atom stereocenters. The molecule has 0 saturated heterocycles. The molecule has 0 unspecified atom stereocenters. The van der Waals surface area contributed by atoms with Gasteiger partial charge in [0.15, 0.2) is 0 Å². The number of hydrogen-bond acceptors (Lipinski definition) is 3. The van der Waals surface area contributed by atoms with Crippen LogP contribution in [0.3, 0.4) is 0 Å². The Hall–Kier alpha value is -2.04. The molecule has 0 radical (unpaired) electrons. The highest BCUT2D eigenvalue weighted by Crippen LogP contribution is 2.29. The van der Waals surface area contributed by atoms with Crippen molar-refractivity contribution in [3.8, 4) is 16.9 Å². The molecular formula is C18H23ClN2O2. The number of benzene rings is 2. The van der Waals surface area contributed by atoms with Crippen molar-refractivity contribution in [1.82, 2.24) is 10.6 Å². The van der Waals surface area contributed by atoms with Crippen molar-refractivity contribution in [2.24, 2.45) is 0 Å². The first-order valence-electron chi connectivity index (χ1n) is 7.50. The van der Waals surface area contributed by atoms with Crippen LogP contribution in [0.5, 0.6) is 5.75 Å². The van der Waals surface area contributed by atoms with Gasteiger partial charge < -0.3 is 15.4 Å². The number of carbonyl (C=O) groups is 1. The molecule has 23 heavy (non-hydrogen) atoms. The molecule has 2 aromatic carbocycles. The standard InChI is InChI=1S/C18H22N2O2.ClH/c1-19-12-11-18(21)20-13-14-22-17-10-6-5-9-16(17)15-7-3-2-4-8-15;/h2-10,19H,11-14H2,1H3,(H,20,21);1H. The lowest BCUT2D eigenvalue weighted by molar-refractivity contribution is -0.121. The van der Waals surface area contributed by atoms with E-state index < -0.39 is 0 Å². The van der Waals surface area contributed by atoms with Gasteiger partial charge in [-0.15, -0.1) is 12.4 Å². The van der Waals surface area contributed by atoms with Gasteiger partial charge in [-0.25, -0.2) is 0 Å². The van der Waals surface area contributed by atoms with Crippen LogP contribution in [0.15, 0.2) is 54.6 Å². The average molecular weight is 335 g/mol. The van der Waals surface area contributed by atoms with Crippen LogP contribution in [0.1, 0.15) is 6.42 Å². The average Bonchev–Trinajstić information content (AvgIpc) is 2.58. The van der Waals surface area contributed by atoms with E-state index in [1.54, 1.807) is 0 Å². The molecule has 5 heteroatoms. The number of para-hydroxylation sites is 1. The van der Waals surface area contributed by atoms with Crippen LogP contribution >= 0.6 is 12.4 Å². The van der Waals surface area contributed by atoms with E-state index in [-0.39, 0.29) is 18.3 Å². The highest BCUT2D eigenvalue weighted by molar-refractivity contribution is 5.85. The van der Waals surface area contributed by atoms with Gasteiger partial charge in [0.1, 0.15) is 12.4 Å². The zero-order chi connectivity index (χ0) is 15.6. The van der Waals surface area contributed by atoms with E-state index in [4.69, 9.17) is 4.74 Å². The molecule has 2 rings (SSSR count). The lowest BCUT2D eigenvalue weighted by Gasteiger charge is -2.12. The van der Waals surface area contributed by atoms with Crippen LogP contribution in [0.25, 0.3) is 11.1 Å². The summed E-state index contributed by atoms with van der Waals surface area (Å²) in [7, 11) is 1.83. The largest absolute Gasteiger partial charge is 0.491 e. The first-order valence-corrected chi connectivity index (χ1v) is 7.50. The summed E-state index contributed by atoms with van der Waals surface area (Å²) in [4.78, 5) is 11.5. The maximum absolute atomic E-state index is 11.5. The third kappa shape index (κ3) is 6.30. The SMILES string of the molecule is CNCCC(=O)NCCOc1ccccc1-c1ccccc1.Cl. The molecule has 0 aliphatic rings. The molecule has 0 fully saturated rings. The summed E-state index contributed by atoms with van der Waals surface area (Å²) >= 11 is 0. The Balaban J connectivity index is 0.00000264. The molecule has 4 nitrogen and oxygen atoms in total. The summed E-state index contributed by atoms with van der Waals surface area (Å²) in [6.45, 7) is 1.64. The number of nitrogens with one attached hydrogen (secondary N) is 2. The minimum Gasteiger partial charge on any atom is -0.491 e. The van der Waals surface area contributed by atoms with Crippen molar-refractivity contribution in [2.75, 3.05) is 26.7 Å². The zero-order valence-corrected chi connectivity index (χ0v) is 14.1. The van der Waals surface area contributed by atoms with E-state index in [0.29, 0.717) is 26.1 Å². The first kappa shape index (κ1) is 19.0. The molecule has 2 N–H and O–H groups in total. The van der Waals surface area contributed by atoms with Crippen molar-refractivity contribution in [1.29, 1.82) is 0 Å². The van der Waals surface area contributed by atoms with Crippen molar-refractivity contribution >= 4 is 18.3 Å². The second-order valence-electron chi connectivity index (χ2n) is 4.91. The Morgan fingerprint density at radius 2 is 1.70 bits per heavy atom. The van der Waals surface area contributed by atoms with Crippen LogP contribution < -0.4 is 15.4 Å². The van der Waals surface area contributed by atoms with Gasteiger partial charge in [-0.05, 0) is 18.7 Å². The predicted octanol–water partition coefficient (Wildman–Crippen LogP) is 2.88. The molecular weight excluding hydrogens is 312 g/mol. The lowest BCUT2D eigenvalue weighted by Crippen LogP contribution is -2.30. The fourth-order valence-electron chi connectivity index (χ4n) is 2.13. The van der Waals surface area contributed by atoms with Gasteiger partial charge in [-0.3, -0.25) is 4.79 Å². The second kappa shape index (κ2) is 10.6. The Morgan fingerprint density at radius 1 is 1.00 bits per heavy atom. The van der Waals surface area contributed by atoms with Crippen LogP contribution in [-0.2, 0) is 4.79 Å².